The van der Waals surface area contributed by atoms with Crippen molar-refractivity contribution < 1.29 is 4.39 Å². The number of unbranched alkanes of at least 4 members (excludes halogenated alkanes) is 1. The molecule has 0 atom stereocenters. The monoisotopic (exact) mass is 213 g/mol. The van der Waals surface area contributed by atoms with Crippen LogP contribution in [0.15, 0.2) is 24.3 Å². The summed E-state index contributed by atoms with van der Waals surface area (Å²) in [4.78, 5) is 0. The summed E-state index contributed by atoms with van der Waals surface area (Å²) in [6, 6.07) is 6.78. The van der Waals surface area contributed by atoms with Crippen molar-refractivity contribution in [2.75, 3.05) is 12.3 Å². The van der Waals surface area contributed by atoms with Gasteiger partial charge in [-0.05, 0) is 42.8 Å². The van der Waals surface area contributed by atoms with Crippen LogP contribution in [0.1, 0.15) is 18.4 Å². The smallest absolute Gasteiger partial charge is 0.123 e. The normalized spacial score (nSPS) is 10.4. The zero-order chi connectivity index (χ0) is 10.2. The van der Waals surface area contributed by atoms with Crippen LogP contribution in [0.3, 0.4) is 0 Å². The molecule has 1 nitrogen and oxygen atoms in total. The zero-order valence-corrected chi connectivity index (χ0v) is 9.02. The predicted molar refractivity (Wildman–Crippen MR) is 60.9 cm³/mol. The molecule has 0 radical (unpaired) electrons. The van der Waals surface area contributed by atoms with E-state index >= 15 is 0 Å². The third-order valence-electron chi connectivity index (χ3n) is 1.90. The molecule has 0 heterocycles. The molecule has 0 aliphatic carbocycles. The van der Waals surface area contributed by atoms with Crippen molar-refractivity contribution in [1.29, 1.82) is 0 Å². The van der Waals surface area contributed by atoms with Crippen LogP contribution in [0.2, 0.25) is 0 Å². The Hall–Kier alpha value is -0.540. The number of halogens is 1. The van der Waals surface area contributed by atoms with Gasteiger partial charge in [0.25, 0.3) is 0 Å². The van der Waals surface area contributed by atoms with Gasteiger partial charge < -0.3 is 5.73 Å². The lowest BCUT2D eigenvalue weighted by Gasteiger charge is -2.01. The number of hydrogen-bond donors (Lipinski definition) is 1. The van der Waals surface area contributed by atoms with Crippen LogP contribution in [0.25, 0.3) is 0 Å². The van der Waals surface area contributed by atoms with E-state index in [1.807, 2.05) is 17.8 Å². The first-order chi connectivity index (χ1) is 6.83. The molecule has 0 spiro atoms. The molecule has 0 amide bonds. The maximum absolute atomic E-state index is 12.8. The summed E-state index contributed by atoms with van der Waals surface area (Å²) in [5, 5.41) is 0. The Bertz CT molecular complexity index is 265. The lowest BCUT2D eigenvalue weighted by atomic mass is 10.2. The summed E-state index contributed by atoms with van der Waals surface area (Å²) in [5.74, 6) is 1.85. The van der Waals surface area contributed by atoms with Gasteiger partial charge in [-0.15, -0.1) is 0 Å². The molecule has 0 bridgehead atoms. The molecule has 0 unspecified atom stereocenters. The van der Waals surface area contributed by atoms with E-state index in [-0.39, 0.29) is 5.82 Å². The van der Waals surface area contributed by atoms with Crippen molar-refractivity contribution in [2.45, 2.75) is 18.6 Å². The summed E-state index contributed by atoms with van der Waals surface area (Å²) >= 11 is 1.83. The van der Waals surface area contributed by atoms with Crippen molar-refractivity contribution in [3.8, 4) is 0 Å². The minimum absolute atomic E-state index is 0.148. The molecule has 0 saturated carbocycles. The van der Waals surface area contributed by atoms with Gasteiger partial charge in [0.15, 0.2) is 0 Å². The van der Waals surface area contributed by atoms with Gasteiger partial charge in [0, 0.05) is 5.75 Å². The van der Waals surface area contributed by atoms with E-state index in [0.29, 0.717) is 0 Å². The molecule has 0 aromatic heterocycles. The molecule has 14 heavy (non-hydrogen) atoms. The van der Waals surface area contributed by atoms with Gasteiger partial charge in [-0.1, -0.05) is 12.1 Å². The number of thioether (sulfide) groups is 1. The van der Waals surface area contributed by atoms with Crippen molar-refractivity contribution in [2.24, 2.45) is 5.73 Å². The standard InChI is InChI=1S/C11H16FNS/c12-11-5-3-4-10(8-11)9-14-7-2-1-6-13/h3-5,8H,1-2,6-7,9,13H2. The number of nitrogens with two attached hydrogens (primary N) is 1. The minimum atomic E-state index is -0.148. The molecule has 0 aliphatic rings. The summed E-state index contributed by atoms with van der Waals surface area (Å²) in [5.41, 5.74) is 6.44. The van der Waals surface area contributed by atoms with Gasteiger partial charge in [-0.3, -0.25) is 0 Å². The Morgan fingerprint density at radius 1 is 1.29 bits per heavy atom. The third-order valence-corrected chi connectivity index (χ3v) is 3.02. The second kappa shape index (κ2) is 6.85. The van der Waals surface area contributed by atoms with E-state index in [4.69, 9.17) is 5.73 Å². The van der Waals surface area contributed by atoms with Crippen LogP contribution in [-0.2, 0) is 5.75 Å². The second-order valence-corrected chi connectivity index (χ2v) is 4.28. The first-order valence-corrected chi connectivity index (χ1v) is 6.00. The van der Waals surface area contributed by atoms with Gasteiger partial charge in [0.2, 0.25) is 0 Å². The van der Waals surface area contributed by atoms with E-state index in [1.165, 1.54) is 6.07 Å². The Kier molecular flexibility index (Phi) is 5.64. The molecule has 1 rings (SSSR count). The summed E-state index contributed by atoms with van der Waals surface area (Å²) < 4.78 is 12.8. The van der Waals surface area contributed by atoms with Crippen LogP contribution in [0.5, 0.6) is 0 Å². The first-order valence-electron chi connectivity index (χ1n) is 4.85. The highest BCUT2D eigenvalue weighted by atomic mass is 32.2. The average molecular weight is 213 g/mol. The fraction of sp³-hybridized carbons (Fsp3) is 0.455. The highest BCUT2D eigenvalue weighted by Crippen LogP contribution is 2.14. The highest BCUT2D eigenvalue weighted by molar-refractivity contribution is 7.98. The van der Waals surface area contributed by atoms with Crippen LogP contribution in [0, 0.1) is 5.82 Å². The maximum atomic E-state index is 12.8. The first kappa shape index (κ1) is 11.5. The van der Waals surface area contributed by atoms with Crippen LogP contribution >= 0.6 is 11.8 Å². The lowest BCUT2D eigenvalue weighted by molar-refractivity contribution is 0.626. The fourth-order valence-electron chi connectivity index (χ4n) is 1.17. The van der Waals surface area contributed by atoms with Crippen LogP contribution in [-0.4, -0.2) is 12.3 Å². The third kappa shape index (κ3) is 4.63. The fourth-order valence-corrected chi connectivity index (χ4v) is 2.13. The minimum Gasteiger partial charge on any atom is -0.330 e. The summed E-state index contributed by atoms with van der Waals surface area (Å²) in [6.07, 6.45) is 2.23. The predicted octanol–water partition coefficient (Wildman–Crippen LogP) is 2.80. The van der Waals surface area contributed by atoms with E-state index in [9.17, 15) is 4.39 Å². The molecular formula is C11H16FNS. The Balaban J connectivity index is 2.18. The van der Waals surface area contributed by atoms with Crippen molar-refractivity contribution in [3.63, 3.8) is 0 Å². The molecule has 78 valence electrons. The van der Waals surface area contributed by atoms with Gasteiger partial charge >= 0.3 is 0 Å². The van der Waals surface area contributed by atoms with Crippen molar-refractivity contribution in [1.82, 2.24) is 0 Å². The van der Waals surface area contributed by atoms with E-state index in [0.717, 1.165) is 36.5 Å². The maximum Gasteiger partial charge on any atom is 0.123 e. The highest BCUT2D eigenvalue weighted by Gasteiger charge is 1.95. The van der Waals surface area contributed by atoms with Crippen LogP contribution < -0.4 is 5.73 Å². The molecule has 1 aromatic rings. The molecule has 0 saturated heterocycles. The molecule has 3 heteroatoms. The summed E-state index contributed by atoms with van der Waals surface area (Å²) in [7, 11) is 0. The van der Waals surface area contributed by atoms with Gasteiger partial charge in [0.1, 0.15) is 5.82 Å². The Morgan fingerprint density at radius 3 is 2.86 bits per heavy atom. The summed E-state index contributed by atoms with van der Waals surface area (Å²) in [6.45, 7) is 0.764. The van der Waals surface area contributed by atoms with Gasteiger partial charge in [-0.25, -0.2) is 4.39 Å². The Labute approximate surface area is 88.9 Å². The van der Waals surface area contributed by atoms with Gasteiger partial charge in [-0.2, -0.15) is 11.8 Å². The number of hydrogen-bond acceptors (Lipinski definition) is 2. The second-order valence-electron chi connectivity index (χ2n) is 3.18. The number of benzene rings is 1. The topological polar surface area (TPSA) is 26.0 Å². The average Bonchev–Trinajstić information content (AvgIpc) is 2.18. The Morgan fingerprint density at radius 2 is 2.14 bits per heavy atom. The zero-order valence-electron chi connectivity index (χ0n) is 8.21. The number of rotatable bonds is 6. The van der Waals surface area contributed by atoms with Crippen LogP contribution in [0.4, 0.5) is 4.39 Å². The molecular weight excluding hydrogens is 197 g/mol. The molecule has 1 aromatic carbocycles. The molecule has 0 fully saturated rings. The van der Waals surface area contributed by atoms with Crippen molar-refractivity contribution in [3.05, 3.63) is 35.6 Å². The van der Waals surface area contributed by atoms with E-state index in [1.54, 1.807) is 12.1 Å². The van der Waals surface area contributed by atoms with E-state index < -0.39 is 0 Å². The largest absolute Gasteiger partial charge is 0.330 e. The van der Waals surface area contributed by atoms with Gasteiger partial charge in [0.05, 0.1) is 0 Å². The quantitative estimate of drug-likeness (QED) is 0.735. The molecule has 2 N–H and O–H groups in total. The molecule has 0 aliphatic heterocycles. The van der Waals surface area contributed by atoms with Crippen molar-refractivity contribution >= 4 is 11.8 Å². The van der Waals surface area contributed by atoms with E-state index in [2.05, 4.69) is 0 Å². The SMILES string of the molecule is NCCCCSCc1cccc(F)c1. The lowest BCUT2D eigenvalue weighted by Crippen LogP contribution is -1.98.